The Labute approximate surface area is 176 Å². The summed E-state index contributed by atoms with van der Waals surface area (Å²) in [5.74, 6) is 1.76. The number of hydrogen-bond donors (Lipinski definition) is 0. The van der Waals surface area contributed by atoms with Gasteiger partial charge in [0.2, 0.25) is 0 Å². The molecule has 30 heavy (non-hydrogen) atoms. The molecule has 3 nitrogen and oxygen atoms in total. The predicted octanol–water partition coefficient (Wildman–Crippen LogP) is 5.90. The highest BCUT2D eigenvalue weighted by Gasteiger charge is 2.23. The third-order valence-electron chi connectivity index (χ3n) is 5.98. The van der Waals surface area contributed by atoms with Crippen molar-refractivity contribution in [1.82, 2.24) is 9.97 Å². The first-order chi connectivity index (χ1) is 14.8. The summed E-state index contributed by atoms with van der Waals surface area (Å²) in [6.45, 7) is 1.91. The summed E-state index contributed by atoms with van der Waals surface area (Å²) in [4.78, 5) is 11.8. The maximum Gasteiger partial charge on any atom is 0.165 e. The summed E-state index contributed by atoms with van der Waals surface area (Å²) in [5, 5.41) is 1.03. The number of halogens is 1. The zero-order valence-electron chi connectivity index (χ0n) is 16.8. The van der Waals surface area contributed by atoms with Gasteiger partial charge >= 0.3 is 0 Å². The molecule has 0 atom stereocenters. The van der Waals surface area contributed by atoms with Crippen molar-refractivity contribution >= 4 is 16.7 Å². The van der Waals surface area contributed by atoms with Crippen LogP contribution in [0, 0.1) is 11.7 Å². The lowest BCUT2D eigenvalue weighted by Gasteiger charge is -2.33. The van der Waals surface area contributed by atoms with E-state index in [-0.39, 0.29) is 5.82 Å². The van der Waals surface area contributed by atoms with E-state index in [2.05, 4.69) is 46.3 Å². The van der Waals surface area contributed by atoms with E-state index in [1.165, 1.54) is 11.6 Å². The molecule has 4 heteroatoms. The smallest absolute Gasteiger partial charge is 0.165 e. The zero-order chi connectivity index (χ0) is 20.3. The number of anilines is 1. The second-order valence-electron chi connectivity index (χ2n) is 7.99. The number of aromatic nitrogens is 2. The van der Waals surface area contributed by atoms with Crippen molar-refractivity contribution < 1.29 is 4.39 Å². The highest BCUT2D eigenvalue weighted by atomic mass is 19.1. The SMILES string of the molecule is Fc1ccccc1-c1nc(N2CCC(Cc3ccccc3)CC2)c2ccccc2n1. The van der Waals surface area contributed by atoms with Gasteiger partial charge in [0.1, 0.15) is 11.6 Å². The molecule has 150 valence electrons. The Morgan fingerprint density at radius 2 is 1.50 bits per heavy atom. The topological polar surface area (TPSA) is 29.0 Å². The Morgan fingerprint density at radius 1 is 0.800 bits per heavy atom. The molecule has 0 amide bonds. The summed E-state index contributed by atoms with van der Waals surface area (Å²) < 4.78 is 14.4. The van der Waals surface area contributed by atoms with E-state index in [9.17, 15) is 4.39 Å². The van der Waals surface area contributed by atoms with Gasteiger partial charge in [-0.1, -0.05) is 54.6 Å². The summed E-state index contributed by atoms with van der Waals surface area (Å²) in [7, 11) is 0. The van der Waals surface area contributed by atoms with E-state index in [0.29, 0.717) is 17.3 Å². The van der Waals surface area contributed by atoms with Gasteiger partial charge in [0.25, 0.3) is 0 Å². The largest absolute Gasteiger partial charge is 0.356 e. The van der Waals surface area contributed by atoms with Crippen molar-refractivity contribution in [3.63, 3.8) is 0 Å². The van der Waals surface area contributed by atoms with Gasteiger partial charge in [-0.2, -0.15) is 0 Å². The molecule has 3 aromatic carbocycles. The highest BCUT2D eigenvalue weighted by molar-refractivity contribution is 5.91. The second kappa shape index (κ2) is 8.23. The minimum atomic E-state index is -0.291. The van der Waals surface area contributed by atoms with Crippen LogP contribution in [0.1, 0.15) is 18.4 Å². The van der Waals surface area contributed by atoms with Crippen molar-refractivity contribution in [2.75, 3.05) is 18.0 Å². The van der Waals surface area contributed by atoms with Crippen molar-refractivity contribution in [2.24, 2.45) is 5.92 Å². The van der Waals surface area contributed by atoms with Crippen LogP contribution in [0.25, 0.3) is 22.3 Å². The van der Waals surface area contributed by atoms with Crippen LogP contribution in [0.3, 0.4) is 0 Å². The van der Waals surface area contributed by atoms with Gasteiger partial charge < -0.3 is 4.90 Å². The number of benzene rings is 3. The maximum atomic E-state index is 14.4. The van der Waals surface area contributed by atoms with Crippen molar-refractivity contribution in [2.45, 2.75) is 19.3 Å². The molecule has 5 rings (SSSR count). The molecular formula is C26H24FN3. The van der Waals surface area contributed by atoms with Gasteiger partial charge in [-0.25, -0.2) is 14.4 Å². The third-order valence-corrected chi connectivity index (χ3v) is 5.98. The lowest BCUT2D eigenvalue weighted by Crippen LogP contribution is -2.35. The predicted molar refractivity (Wildman–Crippen MR) is 120 cm³/mol. The zero-order valence-corrected chi connectivity index (χ0v) is 16.8. The lowest BCUT2D eigenvalue weighted by molar-refractivity contribution is 0.403. The summed E-state index contributed by atoms with van der Waals surface area (Å²) in [6, 6.07) is 25.5. The molecule has 0 unspecified atom stereocenters. The van der Waals surface area contributed by atoms with Gasteiger partial charge in [-0.15, -0.1) is 0 Å². The molecular weight excluding hydrogens is 373 g/mol. The molecule has 1 saturated heterocycles. The van der Waals surface area contributed by atoms with Crippen LogP contribution >= 0.6 is 0 Å². The summed E-state index contributed by atoms with van der Waals surface area (Å²) in [5.41, 5.74) is 2.71. The second-order valence-corrected chi connectivity index (χ2v) is 7.99. The molecule has 1 aliphatic rings. The number of hydrogen-bond acceptors (Lipinski definition) is 3. The minimum absolute atomic E-state index is 0.291. The summed E-state index contributed by atoms with van der Waals surface area (Å²) in [6.07, 6.45) is 3.38. The first-order valence-corrected chi connectivity index (χ1v) is 10.6. The van der Waals surface area contributed by atoms with Crippen LogP contribution < -0.4 is 4.90 Å². The molecule has 0 N–H and O–H groups in total. The van der Waals surface area contributed by atoms with Gasteiger partial charge in [0, 0.05) is 18.5 Å². The third kappa shape index (κ3) is 3.78. The average molecular weight is 397 g/mol. The highest BCUT2D eigenvalue weighted by Crippen LogP contribution is 2.32. The molecule has 0 saturated carbocycles. The van der Waals surface area contributed by atoms with E-state index in [1.807, 2.05) is 24.3 Å². The molecule has 1 fully saturated rings. The van der Waals surface area contributed by atoms with Crippen LogP contribution in [-0.4, -0.2) is 23.1 Å². The fraction of sp³-hybridized carbons (Fsp3) is 0.231. The van der Waals surface area contributed by atoms with Gasteiger partial charge in [-0.3, -0.25) is 0 Å². The summed E-state index contributed by atoms with van der Waals surface area (Å²) >= 11 is 0. The number of piperidine rings is 1. The molecule has 0 aliphatic carbocycles. The van der Waals surface area contributed by atoms with Crippen LogP contribution in [0.15, 0.2) is 78.9 Å². The van der Waals surface area contributed by atoms with Crippen molar-refractivity contribution in [3.8, 4) is 11.4 Å². The first kappa shape index (κ1) is 18.7. The Morgan fingerprint density at radius 3 is 2.30 bits per heavy atom. The van der Waals surface area contributed by atoms with Crippen molar-refractivity contribution in [3.05, 3.63) is 90.2 Å². The van der Waals surface area contributed by atoms with Gasteiger partial charge in [0.15, 0.2) is 5.82 Å². The Balaban J connectivity index is 1.43. The fourth-order valence-corrected chi connectivity index (χ4v) is 4.36. The number of fused-ring (bicyclic) bond motifs is 1. The van der Waals surface area contributed by atoms with E-state index in [0.717, 1.165) is 49.1 Å². The van der Waals surface area contributed by atoms with Gasteiger partial charge in [-0.05, 0) is 55.0 Å². The maximum absolute atomic E-state index is 14.4. The molecule has 4 aromatic rings. The molecule has 1 aromatic heterocycles. The Bertz CT molecular complexity index is 1150. The van der Waals surface area contributed by atoms with E-state index < -0.39 is 0 Å². The van der Waals surface area contributed by atoms with Crippen LogP contribution in [-0.2, 0) is 6.42 Å². The number of rotatable bonds is 4. The van der Waals surface area contributed by atoms with E-state index in [4.69, 9.17) is 4.98 Å². The normalized spacial score (nSPS) is 14.9. The number of para-hydroxylation sites is 1. The fourth-order valence-electron chi connectivity index (χ4n) is 4.36. The Hall–Kier alpha value is -3.27. The standard InChI is InChI=1S/C26H24FN3/c27-23-12-6-4-10-21(23)25-28-24-13-7-5-11-22(24)26(29-25)30-16-14-20(15-17-30)18-19-8-2-1-3-9-19/h1-13,20H,14-18H2. The first-order valence-electron chi connectivity index (χ1n) is 10.6. The van der Waals surface area contributed by atoms with Crippen LogP contribution in [0.2, 0.25) is 0 Å². The molecule has 2 heterocycles. The quantitative estimate of drug-likeness (QED) is 0.430. The molecule has 0 spiro atoms. The van der Waals surface area contributed by atoms with Gasteiger partial charge in [0.05, 0.1) is 11.1 Å². The molecule has 1 aliphatic heterocycles. The lowest BCUT2D eigenvalue weighted by atomic mass is 9.90. The van der Waals surface area contributed by atoms with Crippen LogP contribution in [0.4, 0.5) is 10.2 Å². The average Bonchev–Trinajstić information content (AvgIpc) is 2.80. The number of nitrogens with zero attached hydrogens (tertiary/aromatic N) is 3. The Kier molecular flexibility index (Phi) is 5.14. The van der Waals surface area contributed by atoms with E-state index >= 15 is 0 Å². The monoisotopic (exact) mass is 397 g/mol. The minimum Gasteiger partial charge on any atom is -0.356 e. The van der Waals surface area contributed by atoms with E-state index in [1.54, 1.807) is 12.1 Å². The van der Waals surface area contributed by atoms with Crippen molar-refractivity contribution in [1.29, 1.82) is 0 Å². The molecule has 0 radical (unpaired) electrons. The van der Waals surface area contributed by atoms with Crippen LogP contribution in [0.5, 0.6) is 0 Å². The molecule has 0 bridgehead atoms.